The van der Waals surface area contributed by atoms with E-state index in [0.717, 1.165) is 6.42 Å². The van der Waals surface area contributed by atoms with Crippen LogP contribution in [0, 0.1) is 22.7 Å². The zero-order valence-electron chi connectivity index (χ0n) is 10.0. The first-order valence-electron chi connectivity index (χ1n) is 5.28. The van der Waals surface area contributed by atoms with E-state index >= 15 is 0 Å². The Labute approximate surface area is 91.8 Å². The maximum absolute atomic E-state index is 11.6. The molecule has 0 saturated carbocycles. The fourth-order valence-electron chi connectivity index (χ4n) is 0.978. The molecule has 0 unspecified atom stereocenters. The molecule has 0 bridgehead atoms. The molecule has 0 aliphatic rings. The van der Waals surface area contributed by atoms with Crippen LogP contribution in [0.15, 0.2) is 0 Å². The van der Waals surface area contributed by atoms with Crippen molar-refractivity contribution in [3.63, 3.8) is 0 Å². The maximum Gasteiger partial charge on any atom is 0.237 e. The molecule has 0 rings (SSSR count). The lowest BCUT2D eigenvalue weighted by Crippen LogP contribution is -2.46. The Kier molecular flexibility index (Phi) is 5.31. The van der Waals surface area contributed by atoms with Gasteiger partial charge >= 0.3 is 0 Å². The van der Waals surface area contributed by atoms with Crippen LogP contribution in [0.5, 0.6) is 0 Å². The van der Waals surface area contributed by atoms with Gasteiger partial charge in [0.25, 0.3) is 0 Å². The van der Waals surface area contributed by atoms with Gasteiger partial charge in [0.05, 0.1) is 17.5 Å². The summed E-state index contributed by atoms with van der Waals surface area (Å²) in [5, 5.41) is 11.5. The molecule has 4 nitrogen and oxygen atoms in total. The standard InChI is InChI=1S/C11H21N3O/c1-5-8(2)9(13)10(15)14-7-11(3,4)6-12/h8-9H,5,7,13H2,1-4H3,(H,14,15)/t8-,9-/m0/s1. The third kappa shape index (κ3) is 4.80. The molecular weight excluding hydrogens is 190 g/mol. The van der Waals surface area contributed by atoms with Crippen LogP contribution in [0.25, 0.3) is 0 Å². The first-order chi connectivity index (χ1) is 6.84. The van der Waals surface area contributed by atoms with Crippen LogP contribution in [0.1, 0.15) is 34.1 Å². The van der Waals surface area contributed by atoms with E-state index in [4.69, 9.17) is 11.0 Å². The SMILES string of the molecule is CC[C@H](C)[C@H](N)C(=O)NCC(C)(C)C#N. The highest BCUT2D eigenvalue weighted by Gasteiger charge is 2.22. The summed E-state index contributed by atoms with van der Waals surface area (Å²) in [4.78, 5) is 11.6. The van der Waals surface area contributed by atoms with E-state index in [-0.39, 0.29) is 11.8 Å². The Bertz CT molecular complexity index is 255. The summed E-state index contributed by atoms with van der Waals surface area (Å²) in [5.41, 5.74) is 5.21. The number of amides is 1. The van der Waals surface area contributed by atoms with Crippen molar-refractivity contribution in [3.8, 4) is 6.07 Å². The molecule has 0 aromatic rings. The summed E-state index contributed by atoms with van der Waals surface area (Å²) in [6.45, 7) is 7.84. The van der Waals surface area contributed by atoms with E-state index in [1.54, 1.807) is 13.8 Å². The minimum Gasteiger partial charge on any atom is -0.353 e. The third-order valence-corrected chi connectivity index (χ3v) is 2.57. The predicted octanol–water partition coefficient (Wildman–Crippen LogP) is 1.03. The second-order valence-corrected chi connectivity index (χ2v) is 4.62. The molecule has 2 atom stereocenters. The Morgan fingerprint density at radius 2 is 2.13 bits per heavy atom. The number of nitriles is 1. The lowest BCUT2D eigenvalue weighted by molar-refractivity contribution is -0.123. The highest BCUT2D eigenvalue weighted by atomic mass is 16.2. The second-order valence-electron chi connectivity index (χ2n) is 4.62. The van der Waals surface area contributed by atoms with Gasteiger partial charge in [-0.1, -0.05) is 20.3 Å². The fourth-order valence-corrected chi connectivity index (χ4v) is 0.978. The lowest BCUT2D eigenvalue weighted by Gasteiger charge is -2.21. The average Bonchev–Trinajstić information content (AvgIpc) is 2.23. The molecule has 0 radical (unpaired) electrons. The number of hydrogen-bond donors (Lipinski definition) is 2. The number of hydrogen-bond acceptors (Lipinski definition) is 3. The molecule has 0 spiro atoms. The molecule has 3 N–H and O–H groups in total. The highest BCUT2D eigenvalue weighted by molar-refractivity contribution is 5.81. The first-order valence-corrected chi connectivity index (χ1v) is 5.28. The predicted molar refractivity (Wildman–Crippen MR) is 59.8 cm³/mol. The van der Waals surface area contributed by atoms with Crippen LogP contribution in [0.4, 0.5) is 0 Å². The molecule has 0 fully saturated rings. The van der Waals surface area contributed by atoms with E-state index < -0.39 is 11.5 Å². The fraction of sp³-hybridized carbons (Fsp3) is 0.818. The van der Waals surface area contributed by atoms with Crippen molar-refractivity contribution in [1.82, 2.24) is 5.32 Å². The van der Waals surface area contributed by atoms with Gasteiger partial charge in [-0.25, -0.2) is 0 Å². The summed E-state index contributed by atoms with van der Waals surface area (Å²) in [6.07, 6.45) is 0.871. The van der Waals surface area contributed by atoms with E-state index in [0.29, 0.717) is 6.54 Å². The molecule has 0 aliphatic carbocycles. The van der Waals surface area contributed by atoms with E-state index in [2.05, 4.69) is 11.4 Å². The van der Waals surface area contributed by atoms with Gasteiger partial charge in [-0.15, -0.1) is 0 Å². The smallest absolute Gasteiger partial charge is 0.237 e. The zero-order chi connectivity index (χ0) is 12.1. The molecule has 0 saturated heterocycles. The van der Waals surface area contributed by atoms with Crippen molar-refractivity contribution >= 4 is 5.91 Å². The molecule has 4 heteroatoms. The Morgan fingerprint density at radius 3 is 2.53 bits per heavy atom. The molecule has 0 aliphatic heterocycles. The molecule has 1 amide bonds. The van der Waals surface area contributed by atoms with Crippen LogP contribution in [-0.2, 0) is 4.79 Å². The van der Waals surface area contributed by atoms with Gasteiger partial charge in [0.15, 0.2) is 0 Å². The van der Waals surface area contributed by atoms with Crippen molar-refractivity contribution in [1.29, 1.82) is 5.26 Å². The van der Waals surface area contributed by atoms with Gasteiger partial charge in [0.1, 0.15) is 0 Å². The van der Waals surface area contributed by atoms with Crippen molar-refractivity contribution in [3.05, 3.63) is 0 Å². The van der Waals surface area contributed by atoms with Gasteiger partial charge in [0.2, 0.25) is 5.91 Å². The van der Waals surface area contributed by atoms with E-state index in [9.17, 15) is 4.79 Å². The van der Waals surface area contributed by atoms with Crippen LogP contribution in [0.3, 0.4) is 0 Å². The quantitative estimate of drug-likeness (QED) is 0.712. The normalized spacial score (nSPS) is 15.2. The van der Waals surface area contributed by atoms with Gasteiger partial charge in [-0.2, -0.15) is 5.26 Å². The van der Waals surface area contributed by atoms with Gasteiger partial charge in [-0.05, 0) is 19.8 Å². The third-order valence-electron chi connectivity index (χ3n) is 2.57. The highest BCUT2D eigenvalue weighted by Crippen LogP contribution is 2.11. The first kappa shape index (κ1) is 13.9. The van der Waals surface area contributed by atoms with Crippen LogP contribution < -0.4 is 11.1 Å². The van der Waals surface area contributed by atoms with Crippen molar-refractivity contribution in [2.75, 3.05) is 6.54 Å². The van der Waals surface area contributed by atoms with Gasteiger partial charge < -0.3 is 11.1 Å². The van der Waals surface area contributed by atoms with Crippen LogP contribution >= 0.6 is 0 Å². The molecule has 0 heterocycles. The Hall–Kier alpha value is -1.08. The summed E-state index contributed by atoms with van der Waals surface area (Å²) >= 11 is 0. The lowest BCUT2D eigenvalue weighted by atomic mass is 9.95. The minimum absolute atomic E-state index is 0.162. The molecular formula is C11H21N3O. The van der Waals surface area contributed by atoms with Crippen molar-refractivity contribution < 1.29 is 4.79 Å². The van der Waals surface area contributed by atoms with Gasteiger partial charge in [-0.3, -0.25) is 4.79 Å². The summed E-state index contributed by atoms with van der Waals surface area (Å²) in [5.74, 6) is -0.0112. The maximum atomic E-state index is 11.6. The largest absolute Gasteiger partial charge is 0.353 e. The number of nitrogens with one attached hydrogen (secondary N) is 1. The van der Waals surface area contributed by atoms with Crippen molar-refractivity contribution in [2.24, 2.45) is 17.1 Å². The van der Waals surface area contributed by atoms with Crippen LogP contribution in [-0.4, -0.2) is 18.5 Å². The number of carbonyl (C=O) groups is 1. The molecule has 0 aromatic heterocycles. The monoisotopic (exact) mass is 211 g/mol. The van der Waals surface area contributed by atoms with Gasteiger partial charge in [0, 0.05) is 6.54 Å². The number of rotatable bonds is 5. The number of nitrogens with two attached hydrogens (primary N) is 1. The summed E-state index contributed by atoms with van der Waals surface area (Å²) in [7, 11) is 0. The van der Waals surface area contributed by atoms with E-state index in [1.807, 2.05) is 13.8 Å². The number of nitrogens with zero attached hydrogens (tertiary/aromatic N) is 1. The summed E-state index contributed by atoms with van der Waals surface area (Å²) < 4.78 is 0. The minimum atomic E-state index is -0.537. The van der Waals surface area contributed by atoms with E-state index in [1.165, 1.54) is 0 Å². The Morgan fingerprint density at radius 1 is 1.60 bits per heavy atom. The molecule has 15 heavy (non-hydrogen) atoms. The topological polar surface area (TPSA) is 78.9 Å². The molecule has 0 aromatic carbocycles. The van der Waals surface area contributed by atoms with Crippen LogP contribution in [0.2, 0.25) is 0 Å². The number of carbonyl (C=O) groups excluding carboxylic acids is 1. The average molecular weight is 211 g/mol. The molecule has 86 valence electrons. The Balaban J connectivity index is 4.11. The second kappa shape index (κ2) is 5.72. The zero-order valence-corrected chi connectivity index (χ0v) is 10.0. The van der Waals surface area contributed by atoms with Crippen molar-refractivity contribution in [2.45, 2.75) is 40.2 Å². The summed E-state index contributed by atoms with van der Waals surface area (Å²) in [6, 6.07) is 1.64.